The average molecular weight is 439 g/mol. The number of fused-ring (bicyclic) bond motifs is 1. The molecule has 1 atom stereocenters. The summed E-state index contributed by atoms with van der Waals surface area (Å²) >= 11 is 6.20. The maximum Gasteiger partial charge on any atom is 0.146 e. The van der Waals surface area contributed by atoms with Gasteiger partial charge < -0.3 is 19.8 Å². The number of rotatable bonds is 5. The molecule has 4 aromatic rings. The van der Waals surface area contributed by atoms with Gasteiger partial charge >= 0.3 is 0 Å². The van der Waals surface area contributed by atoms with Crippen molar-refractivity contribution in [3.63, 3.8) is 0 Å². The number of nitrogens with zero attached hydrogens (tertiary/aromatic N) is 2. The highest BCUT2D eigenvalue weighted by molar-refractivity contribution is 6.31. The minimum absolute atomic E-state index is 0.0935. The highest BCUT2D eigenvalue weighted by Crippen LogP contribution is 2.42. The molecule has 8 heteroatoms. The lowest BCUT2D eigenvalue weighted by molar-refractivity contribution is 0.0593. The molecule has 158 valence electrons. The number of hydrogen-bond donors (Lipinski definition) is 2. The number of halogens is 2. The standard InChI is InChI=1S/C23H20ClFN4O2/c24-14-3-4-18(25)17(10-14)21-22(29-19-2-1-6-28-23(19)21)16-5-7-26-11-20(16)31-13-15-12-30-9-8-27-15/h1-7,10-11,15,27,29H,8-9,12-13H2. The predicted molar refractivity (Wildman–Crippen MR) is 118 cm³/mol. The van der Waals surface area contributed by atoms with E-state index in [2.05, 4.69) is 20.3 Å². The Kier molecular flexibility index (Phi) is 5.55. The van der Waals surface area contributed by atoms with Gasteiger partial charge in [-0.3, -0.25) is 9.97 Å². The van der Waals surface area contributed by atoms with Crippen molar-refractivity contribution in [3.05, 3.63) is 65.8 Å². The van der Waals surface area contributed by atoms with E-state index in [0.717, 1.165) is 17.6 Å². The molecule has 1 saturated heterocycles. The molecule has 1 aliphatic rings. The van der Waals surface area contributed by atoms with Crippen LogP contribution in [0.25, 0.3) is 33.4 Å². The highest BCUT2D eigenvalue weighted by atomic mass is 35.5. The van der Waals surface area contributed by atoms with E-state index in [-0.39, 0.29) is 11.9 Å². The van der Waals surface area contributed by atoms with Gasteiger partial charge in [0.2, 0.25) is 0 Å². The molecule has 5 rings (SSSR count). The van der Waals surface area contributed by atoms with E-state index in [4.69, 9.17) is 21.1 Å². The molecule has 1 fully saturated rings. The first kappa shape index (κ1) is 19.9. The number of pyridine rings is 2. The number of hydrogen-bond acceptors (Lipinski definition) is 5. The molecule has 0 amide bonds. The SMILES string of the molecule is Fc1ccc(Cl)cc1-c1c(-c2ccncc2OCC2COCCN2)[nH]c2cccnc12. The summed E-state index contributed by atoms with van der Waals surface area (Å²) in [6, 6.07) is 10.2. The van der Waals surface area contributed by atoms with Crippen LogP contribution in [-0.2, 0) is 4.74 Å². The molecule has 0 saturated carbocycles. The van der Waals surface area contributed by atoms with Crippen LogP contribution < -0.4 is 10.1 Å². The molecule has 1 unspecified atom stereocenters. The minimum atomic E-state index is -0.378. The number of H-pyrrole nitrogens is 1. The van der Waals surface area contributed by atoms with Crippen LogP contribution in [-0.4, -0.2) is 47.4 Å². The summed E-state index contributed by atoms with van der Waals surface area (Å²) in [5, 5.41) is 3.82. The molecule has 31 heavy (non-hydrogen) atoms. The van der Waals surface area contributed by atoms with Crippen molar-refractivity contribution in [3.8, 4) is 28.1 Å². The number of nitrogens with one attached hydrogen (secondary N) is 2. The summed E-state index contributed by atoms with van der Waals surface area (Å²) in [6.07, 6.45) is 5.03. The van der Waals surface area contributed by atoms with Crippen molar-refractivity contribution < 1.29 is 13.9 Å². The monoisotopic (exact) mass is 438 g/mol. The summed E-state index contributed by atoms with van der Waals surface area (Å²) in [4.78, 5) is 12.1. The van der Waals surface area contributed by atoms with Gasteiger partial charge in [0, 0.05) is 40.7 Å². The van der Waals surface area contributed by atoms with Gasteiger partial charge in [0.05, 0.1) is 42.2 Å². The Labute approximate surface area is 183 Å². The molecule has 4 heterocycles. The third-order valence-electron chi connectivity index (χ3n) is 5.24. The van der Waals surface area contributed by atoms with Crippen LogP contribution in [0.15, 0.2) is 55.0 Å². The lowest BCUT2D eigenvalue weighted by Gasteiger charge is -2.24. The molecule has 2 N–H and O–H groups in total. The second-order valence-corrected chi connectivity index (χ2v) is 7.74. The largest absolute Gasteiger partial charge is 0.490 e. The number of aromatic amines is 1. The van der Waals surface area contributed by atoms with Crippen molar-refractivity contribution in [1.29, 1.82) is 0 Å². The fourth-order valence-electron chi connectivity index (χ4n) is 3.79. The van der Waals surface area contributed by atoms with Crippen molar-refractivity contribution in [2.75, 3.05) is 26.4 Å². The van der Waals surface area contributed by atoms with Gasteiger partial charge in [-0.05, 0) is 36.4 Å². The first-order valence-corrected chi connectivity index (χ1v) is 10.4. The second-order valence-electron chi connectivity index (χ2n) is 7.31. The van der Waals surface area contributed by atoms with E-state index in [1.54, 1.807) is 24.7 Å². The number of aromatic nitrogens is 3. The molecule has 0 spiro atoms. The van der Waals surface area contributed by atoms with E-state index < -0.39 is 0 Å². The van der Waals surface area contributed by atoms with Gasteiger partial charge in [-0.25, -0.2) is 4.39 Å². The molecular weight excluding hydrogens is 419 g/mol. The van der Waals surface area contributed by atoms with Gasteiger partial charge in [0.1, 0.15) is 18.2 Å². The lowest BCUT2D eigenvalue weighted by atomic mass is 10.00. The van der Waals surface area contributed by atoms with Crippen LogP contribution in [0.4, 0.5) is 4.39 Å². The summed E-state index contributed by atoms with van der Waals surface area (Å²) in [5.74, 6) is 0.211. The molecule has 1 aromatic carbocycles. The van der Waals surface area contributed by atoms with Crippen LogP contribution in [0.3, 0.4) is 0 Å². The number of ether oxygens (including phenoxy) is 2. The fourth-order valence-corrected chi connectivity index (χ4v) is 3.97. The average Bonchev–Trinajstić information content (AvgIpc) is 3.19. The van der Waals surface area contributed by atoms with E-state index in [1.165, 1.54) is 12.1 Å². The van der Waals surface area contributed by atoms with Crippen LogP contribution in [0.2, 0.25) is 5.02 Å². The quantitative estimate of drug-likeness (QED) is 0.481. The van der Waals surface area contributed by atoms with Crippen LogP contribution in [0.1, 0.15) is 0 Å². The molecule has 0 radical (unpaired) electrons. The van der Waals surface area contributed by atoms with Gasteiger partial charge in [-0.15, -0.1) is 0 Å². The molecule has 6 nitrogen and oxygen atoms in total. The topological polar surface area (TPSA) is 72.1 Å². The summed E-state index contributed by atoms with van der Waals surface area (Å²) in [5.41, 5.74) is 3.91. The molecule has 3 aromatic heterocycles. The highest BCUT2D eigenvalue weighted by Gasteiger charge is 2.22. The summed E-state index contributed by atoms with van der Waals surface area (Å²) in [6.45, 7) is 2.51. The van der Waals surface area contributed by atoms with Crippen LogP contribution >= 0.6 is 11.6 Å². The number of benzene rings is 1. The zero-order valence-corrected chi connectivity index (χ0v) is 17.3. The van der Waals surface area contributed by atoms with Crippen molar-refractivity contribution in [2.24, 2.45) is 0 Å². The molecular formula is C23H20ClFN4O2. The minimum Gasteiger partial charge on any atom is -0.490 e. The summed E-state index contributed by atoms with van der Waals surface area (Å²) < 4.78 is 26.5. The van der Waals surface area contributed by atoms with E-state index in [9.17, 15) is 4.39 Å². The van der Waals surface area contributed by atoms with E-state index in [0.29, 0.717) is 52.9 Å². The molecule has 1 aliphatic heterocycles. The van der Waals surface area contributed by atoms with Crippen LogP contribution in [0, 0.1) is 5.82 Å². The third kappa shape index (κ3) is 3.99. The number of morpholine rings is 1. The van der Waals surface area contributed by atoms with E-state index >= 15 is 0 Å². The second kappa shape index (κ2) is 8.63. The Morgan fingerprint density at radius 1 is 1.19 bits per heavy atom. The van der Waals surface area contributed by atoms with Gasteiger partial charge in [0.25, 0.3) is 0 Å². The first-order chi connectivity index (χ1) is 15.2. The van der Waals surface area contributed by atoms with Gasteiger partial charge in [-0.1, -0.05) is 11.6 Å². The van der Waals surface area contributed by atoms with Crippen molar-refractivity contribution in [1.82, 2.24) is 20.3 Å². The molecule has 0 bridgehead atoms. The van der Waals surface area contributed by atoms with E-state index in [1.807, 2.05) is 18.2 Å². The summed E-state index contributed by atoms with van der Waals surface area (Å²) in [7, 11) is 0. The van der Waals surface area contributed by atoms with Crippen molar-refractivity contribution in [2.45, 2.75) is 6.04 Å². The van der Waals surface area contributed by atoms with Gasteiger partial charge in [0.15, 0.2) is 0 Å². The maximum absolute atomic E-state index is 14.9. The Morgan fingerprint density at radius 3 is 3.00 bits per heavy atom. The zero-order valence-electron chi connectivity index (χ0n) is 16.6. The zero-order chi connectivity index (χ0) is 21.2. The Hall–Kier alpha value is -3.00. The Bertz CT molecular complexity index is 1220. The predicted octanol–water partition coefficient (Wildman–Crippen LogP) is 4.45. The smallest absolute Gasteiger partial charge is 0.146 e. The van der Waals surface area contributed by atoms with Gasteiger partial charge in [-0.2, -0.15) is 0 Å². The maximum atomic E-state index is 14.9. The van der Waals surface area contributed by atoms with Crippen molar-refractivity contribution >= 4 is 22.6 Å². The van der Waals surface area contributed by atoms with Crippen LogP contribution in [0.5, 0.6) is 5.75 Å². The third-order valence-corrected chi connectivity index (χ3v) is 5.48. The molecule has 0 aliphatic carbocycles. The first-order valence-electron chi connectivity index (χ1n) is 10.0. The normalized spacial score (nSPS) is 16.5. The lowest BCUT2D eigenvalue weighted by Crippen LogP contribution is -2.44. The fraction of sp³-hybridized carbons (Fsp3) is 0.217. The Balaban J connectivity index is 1.62. The Morgan fingerprint density at radius 2 is 2.13 bits per heavy atom.